The van der Waals surface area contributed by atoms with Gasteiger partial charge in [-0.15, -0.1) is 0 Å². The minimum atomic E-state index is -0.901. The third-order valence-electron chi connectivity index (χ3n) is 2.44. The van der Waals surface area contributed by atoms with Gasteiger partial charge in [-0.1, -0.05) is 15.9 Å². The first-order valence-electron chi connectivity index (χ1n) is 5.49. The van der Waals surface area contributed by atoms with Gasteiger partial charge >= 0.3 is 0 Å². The molecule has 19 heavy (non-hydrogen) atoms. The Morgan fingerprint density at radius 3 is 2.63 bits per heavy atom. The van der Waals surface area contributed by atoms with Crippen LogP contribution in [0.5, 0.6) is 0 Å². The highest BCUT2D eigenvalue weighted by molar-refractivity contribution is 9.10. The third-order valence-corrected chi connectivity index (χ3v) is 2.89. The number of halogens is 3. The van der Waals surface area contributed by atoms with E-state index < -0.39 is 23.1 Å². The number of carbonyl (C=O) groups is 1. The monoisotopic (exact) mass is 329 g/mol. The minimum Gasteiger partial charge on any atom is -0.351 e. The van der Waals surface area contributed by atoms with Gasteiger partial charge in [0.05, 0.1) is 0 Å². The molecule has 2 aromatic rings. The van der Waals surface area contributed by atoms with Gasteiger partial charge in [-0.2, -0.15) is 0 Å². The van der Waals surface area contributed by atoms with E-state index in [9.17, 15) is 13.6 Å². The number of hydrogen-bond acceptors (Lipinski definition) is 2. The second-order valence-electron chi connectivity index (χ2n) is 3.79. The largest absolute Gasteiger partial charge is 0.351 e. The molecule has 0 atom stereocenters. The normalized spacial score (nSPS) is 10.5. The van der Waals surface area contributed by atoms with E-state index in [4.69, 9.17) is 0 Å². The fraction of sp³-hybridized carbons (Fsp3) is 0.167. The van der Waals surface area contributed by atoms with Crippen molar-refractivity contribution in [3.8, 4) is 0 Å². The van der Waals surface area contributed by atoms with E-state index >= 15 is 0 Å². The summed E-state index contributed by atoms with van der Waals surface area (Å²) in [6.07, 6.45) is 3.70. The van der Waals surface area contributed by atoms with Crippen molar-refractivity contribution in [3.05, 3.63) is 52.0 Å². The maximum atomic E-state index is 13.5. The first kappa shape index (κ1) is 13.7. The first-order chi connectivity index (χ1) is 9.08. The van der Waals surface area contributed by atoms with Gasteiger partial charge in [-0.3, -0.25) is 4.79 Å². The first-order valence-corrected chi connectivity index (χ1v) is 6.28. The van der Waals surface area contributed by atoms with Crippen molar-refractivity contribution in [1.29, 1.82) is 0 Å². The van der Waals surface area contributed by atoms with Crippen LogP contribution in [0.4, 0.5) is 8.78 Å². The molecule has 0 radical (unpaired) electrons. The van der Waals surface area contributed by atoms with Crippen LogP contribution in [0.25, 0.3) is 0 Å². The summed E-state index contributed by atoms with van der Waals surface area (Å²) in [6, 6.07) is 2.09. The molecule has 0 spiro atoms. The van der Waals surface area contributed by atoms with E-state index in [2.05, 4.69) is 31.2 Å². The molecule has 1 aromatic carbocycles. The lowest BCUT2D eigenvalue weighted by Gasteiger charge is -2.07. The number of aromatic amines is 1. The molecule has 0 saturated carbocycles. The lowest BCUT2D eigenvalue weighted by molar-refractivity contribution is 0.0945. The molecule has 2 rings (SSSR count). The zero-order chi connectivity index (χ0) is 13.8. The molecule has 0 bridgehead atoms. The summed E-state index contributed by atoms with van der Waals surface area (Å²) in [5.41, 5.74) is -0.581. The highest BCUT2D eigenvalue weighted by Crippen LogP contribution is 2.19. The number of benzene rings is 1. The van der Waals surface area contributed by atoms with Crippen LogP contribution in [0.15, 0.2) is 29.0 Å². The summed E-state index contributed by atoms with van der Waals surface area (Å²) in [6.45, 7) is 0.237. The van der Waals surface area contributed by atoms with Gasteiger partial charge in [-0.25, -0.2) is 13.8 Å². The van der Waals surface area contributed by atoms with Crippen molar-refractivity contribution in [3.63, 3.8) is 0 Å². The van der Waals surface area contributed by atoms with Gasteiger partial charge in [-0.05, 0) is 12.1 Å². The van der Waals surface area contributed by atoms with Crippen LogP contribution >= 0.6 is 15.9 Å². The molecule has 100 valence electrons. The number of carbonyl (C=O) groups excluding carboxylic acids is 1. The summed E-state index contributed by atoms with van der Waals surface area (Å²) in [7, 11) is 0. The maximum Gasteiger partial charge on any atom is 0.257 e. The molecular formula is C12H10BrF2N3O. The molecule has 0 aliphatic carbocycles. The van der Waals surface area contributed by atoms with Crippen LogP contribution in [0.1, 0.15) is 16.2 Å². The minimum absolute atomic E-state index is 0.237. The Balaban J connectivity index is 2.00. The van der Waals surface area contributed by atoms with Crippen LogP contribution < -0.4 is 5.32 Å². The molecule has 4 nitrogen and oxygen atoms in total. The Morgan fingerprint density at radius 2 is 2.05 bits per heavy atom. The zero-order valence-electron chi connectivity index (χ0n) is 9.71. The highest BCUT2D eigenvalue weighted by atomic mass is 79.9. The second kappa shape index (κ2) is 5.92. The lowest BCUT2D eigenvalue weighted by Crippen LogP contribution is -2.27. The topological polar surface area (TPSA) is 57.8 Å². The van der Waals surface area contributed by atoms with Gasteiger partial charge in [0, 0.05) is 29.8 Å². The van der Waals surface area contributed by atoms with Gasteiger partial charge in [0.15, 0.2) is 0 Å². The van der Waals surface area contributed by atoms with E-state index in [1.165, 1.54) is 0 Å². The standard InChI is InChI=1S/C12H10BrF2N3O/c13-7-5-8(14)11(9(15)6-7)12(19)18-2-1-10-16-3-4-17-10/h3-6H,1-2H2,(H,16,17)(H,18,19). The van der Waals surface area contributed by atoms with E-state index in [0.29, 0.717) is 12.2 Å². The molecule has 1 aromatic heterocycles. The fourth-order valence-electron chi connectivity index (χ4n) is 1.58. The van der Waals surface area contributed by atoms with Crippen molar-refractivity contribution in [1.82, 2.24) is 15.3 Å². The smallest absolute Gasteiger partial charge is 0.257 e. The third kappa shape index (κ3) is 3.37. The Morgan fingerprint density at radius 1 is 1.37 bits per heavy atom. The predicted octanol–water partition coefficient (Wildman–Crippen LogP) is 2.42. The molecule has 1 amide bonds. The quantitative estimate of drug-likeness (QED) is 0.905. The second-order valence-corrected chi connectivity index (χ2v) is 4.70. The summed E-state index contributed by atoms with van der Waals surface area (Å²) >= 11 is 2.95. The molecular weight excluding hydrogens is 320 g/mol. The number of hydrogen-bond donors (Lipinski definition) is 2. The van der Waals surface area contributed by atoms with Crippen molar-refractivity contribution < 1.29 is 13.6 Å². The number of aromatic nitrogens is 2. The van der Waals surface area contributed by atoms with Gasteiger partial charge < -0.3 is 10.3 Å². The Hall–Kier alpha value is -1.76. The molecule has 7 heteroatoms. The van der Waals surface area contributed by atoms with E-state index in [1.54, 1.807) is 12.4 Å². The van der Waals surface area contributed by atoms with Crippen molar-refractivity contribution in [2.45, 2.75) is 6.42 Å². The molecule has 0 fully saturated rings. The molecule has 0 aliphatic rings. The van der Waals surface area contributed by atoms with Crippen molar-refractivity contribution in [2.75, 3.05) is 6.54 Å². The zero-order valence-corrected chi connectivity index (χ0v) is 11.3. The van der Waals surface area contributed by atoms with E-state index in [1.807, 2.05) is 0 Å². The van der Waals surface area contributed by atoms with E-state index in [-0.39, 0.29) is 11.0 Å². The Bertz CT molecular complexity index is 564. The number of nitrogens with one attached hydrogen (secondary N) is 2. The molecule has 0 saturated heterocycles. The average Bonchev–Trinajstić information content (AvgIpc) is 2.80. The molecule has 0 unspecified atom stereocenters. The van der Waals surface area contributed by atoms with Crippen LogP contribution in [0.2, 0.25) is 0 Å². The number of rotatable bonds is 4. The fourth-order valence-corrected chi connectivity index (χ4v) is 1.98. The van der Waals surface area contributed by atoms with Crippen LogP contribution in [0, 0.1) is 11.6 Å². The number of H-pyrrole nitrogens is 1. The van der Waals surface area contributed by atoms with Crippen molar-refractivity contribution >= 4 is 21.8 Å². The Labute approximate surface area is 116 Å². The lowest BCUT2D eigenvalue weighted by atomic mass is 10.2. The van der Waals surface area contributed by atoms with Crippen molar-refractivity contribution in [2.24, 2.45) is 0 Å². The van der Waals surface area contributed by atoms with Crippen LogP contribution in [-0.2, 0) is 6.42 Å². The van der Waals surface area contributed by atoms with E-state index in [0.717, 1.165) is 12.1 Å². The Kier molecular flexibility index (Phi) is 4.26. The van der Waals surface area contributed by atoms with Crippen LogP contribution in [0.3, 0.4) is 0 Å². The number of nitrogens with zero attached hydrogens (tertiary/aromatic N) is 1. The van der Waals surface area contributed by atoms with Gasteiger partial charge in [0.25, 0.3) is 5.91 Å². The number of amides is 1. The van der Waals surface area contributed by atoms with Gasteiger partial charge in [0.2, 0.25) is 0 Å². The summed E-state index contributed by atoms with van der Waals surface area (Å²) in [5, 5.41) is 2.44. The summed E-state index contributed by atoms with van der Waals surface area (Å²) in [4.78, 5) is 18.5. The van der Waals surface area contributed by atoms with Gasteiger partial charge in [0.1, 0.15) is 23.0 Å². The summed E-state index contributed by atoms with van der Waals surface area (Å²) in [5.74, 6) is -1.89. The number of imidazole rings is 1. The SMILES string of the molecule is O=C(NCCc1ncc[nH]1)c1c(F)cc(Br)cc1F. The maximum absolute atomic E-state index is 13.5. The highest BCUT2D eigenvalue weighted by Gasteiger charge is 2.17. The average molecular weight is 330 g/mol. The molecule has 2 N–H and O–H groups in total. The summed E-state index contributed by atoms with van der Waals surface area (Å²) < 4.78 is 27.3. The van der Waals surface area contributed by atoms with Crippen LogP contribution in [-0.4, -0.2) is 22.4 Å². The molecule has 0 aliphatic heterocycles. The molecule has 1 heterocycles. The predicted molar refractivity (Wildman–Crippen MR) is 68.7 cm³/mol.